The zero-order chi connectivity index (χ0) is 18.6. The van der Waals surface area contributed by atoms with E-state index in [4.69, 9.17) is 11.6 Å². The van der Waals surface area contributed by atoms with Gasteiger partial charge in [-0.15, -0.1) is 12.4 Å². The maximum absolute atomic E-state index is 12.5. The molecule has 0 radical (unpaired) electrons. The van der Waals surface area contributed by atoms with Gasteiger partial charge in [0.2, 0.25) is 5.91 Å². The number of aromatic nitrogens is 3. The lowest BCUT2D eigenvalue weighted by Crippen LogP contribution is -2.38. The Morgan fingerprint density at radius 3 is 2.61 bits per heavy atom. The molecule has 1 saturated heterocycles. The van der Waals surface area contributed by atoms with Crippen molar-refractivity contribution in [3.8, 4) is 22.5 Å². The Morgan fingerprint density at radius 1 is 1.18 bits per heavy atom. The number of imidazole rings is 1. The van der Waals surface area contributed by atoms with Crippen molar-refractivity contribution in [3.63, 3.8) is 0 Å². The van der Waals surface area contributed by atoms with Gasteiger partial charge in [0, 0.05) is 41.1 Å². The summed E-state index contributed by atoms with van der Waals surface area (Å²) in [6.07, 6.45) is 6.15. The number of nitrogens with zero attached hydrogens (tertiary/aromatic N) is 3. The number of hydrogen-bond acceptors (Lipinski definition) is 4. The van der Waals surface area contributed by atoms with Crippen molar-refractivity contribution >= 4 is 29.9 Å². The van der Waals surface area contributed by atoms with Crippen molar-refractivity contribution in [2.75, 3.05) is 13.1 Å². The first kappa shape index (κ1) is 20.3. The van der Waals surface area contributed by atoms with E-state index in [9.17, 15) is 4.79 Å². The molecule has 1 fully saturated rings. The van der Waals surface area contributed by atoms with Gasteiger partial charge in [0.25, 0.3) is 0 Å². The van der Waals surface area contributed by atoms with Crippen LogP contribution in [0.5, 0.6) is 0 Å². The summed E-state index contributed by atoms with van der Waals surface area (Å²) in [6.45, 7) is 1.98. The maximum Gasteiger partial charge on any atom is 0.240 e. The molecule has 3 aromatic rings. The van der Waals surface area contributed by atoms with Crippen LogP contribution >= 0.6 is 24.0 Å². The van der Waals surface area contributed by atoms with Gasteiger partial charge < -0.3 is 15.2 Å². The highest BCUT2D eigenvalue weighted by Gasteiger charge is 2.20. The molecule has 0 bridgehead atoms. The molecule has 3 heterocycles. The number of rotatable bonds is 5. The average Bonchev–Trinajstić information content (AvgIpc) is 3.33. The van der Waals surface area contributed by atoms with Crippen LogP contribution in [0.1, 0.15) is 6.42 Å². The molecular weight excluding hydrogens is 397 g/mol. The third kappa shape index (κ3) is 4.52. The van der Waals surface area contributed by atoms with Gasteiger partial charge in [0.05, 0.1) is 17.7 Å². The number of amides is 1. The highest BCUT2D eigenvalue weighted by Crippen LogP contribution is 2.31. The minimum atomic E-state index is -0.0148. The average molecular weight is 418 g/mol. The van der Waals surface area contributed by atoms with Crippen LogP contribution in [0.2, 0.25) is 5.02 Å². The third-order valence-electron chi connectivity index (χ3n) is 4.65. The predicted molar refractivity (Wildman–Crippen MR) is 113 cm³/mol. The number of carbonyl (C=O) groups excluding carboxylic acids is 1. The maximum atomic E-state index is 12.5. The lowest BCUT2D eigenvalue weighted by Gasteiger charge is -2.14. The van der Waals surface area contributed by atoms with Crippen molar-refractivity contribution in [1.29, 1.82) is 0 Å². The van der Waals surface area contributed by atoms with Crippen molar-refractivity contribution in [2.24, 2.45) is 0 Å². The normalized spacial score (nSPS) is 15.8. The minimum Gasteiger partial charge on any atom is -0.350 e. The molecule has 1 aromatic carbocycles. The number of hydrogen-bond donors (Lipinski definition) is 2. The fourth-order valence-electron chi connectivity index (χ4n) is 3.34. The van der Waals surface area contributed by atoms with Crippen LogP contribution in [0.3, 0.4) is 0 Å². The number of benzene rings is 1. The Morgan fingerprint density at radius 2 is 1.93 bits per heavy atom. The molecule has 146 valence electrons. The van der Waals surface area contributed by atoms with Crippen molar-refractivity contribution in [2.45, 2.75) is 19.0 Å². The monoisotopic (exact) mass is 417 g/mol. The fourth-order valence-corrected chi connectivity index (χ4v) is 3.47. The topological polar surface area (TPSA) is 71.8 Å². The first-order valence-electron chi connectivity index (χ1n) is 8.92. The number of carbonyl (C=O) groups is 1. The first-order valence-corrected chi connectivity index (χ1v) is 9.30. The van der Waals surface area contributed by atoms with Gasteiger partial charge in [-0.05, 0) is 37.2 Å². The molecule has 1 aliphatic heterocycles. The molecule has 0 aliphatic carbocycles. The summed E-state index contributed by atoms with van der Waals surface area (Å²) in [6, 6.07) is 11.6. The predicted octanol–water partition coefficient (Wildman–Crippen LogP) is 3.17. The summed E-state index contributed by atoms with van der Waals surface area (Å²) in [7, 11) is 0. The molecule has 4 rings (SSSR count). The van der Waals surface area contributed by atoms with E-state index in [1.807, 2.05) is 41.0 Å². The number of nitrogens with one attached hydrogen (secondary N) is 2. The molecule has 2 aromatic heterocycles. The zero-order valence-electron chi connectivity index (χ0n) is 15.1. The van der Waals surface area contributed by atoms with Gasteiger partial charge in [-0.2, -0.15) is 0 Å². The van der Waals surface area contributed by atoms with Crippen LogP contribution in [0.25, 0.3) is 22.5 Å². The summed E-state index contributed by atoms with van der Waals surface area (Å²) in [5.41, 5.74) is 3.61. The van der Waals surface area contributed by atoms with E-state index in [0.717, 1.165) is 42.0 Å². The summed E-state index contributed by atoms with van der Waals surface area (Å²) >= 11 is 6.02. The Labute approximate surface area is 174 Å². The quantitative estimate of drug-likeness (QED) is 0.668. The molecule has 1 amide bonds. The summed E-state index contributed by atoms with van der Waals surface area (Å²) in [5, 5.41) is 7.01. The molecule has 6 nitrogen and oxygen atoms in total. The van der Waals surface area contributed by atoms with Gasteiger partial charge in [-0.25, -0.2) is 4.98 Å². The van der Waals surface area contributed by atoms with E-state index >= 15 is 0 Å². The molecule has 1 atom stereocenters. The largest absolute Gasteiger partial charge is 0.350 e. The Kier molecular flexibility index (Phi) is 6.67. The SMILES string of the molecule is Cl.O=C(Cn1cnc(-c2ccc(Cl)cc2)c1-c1ccncc1)N[C@H]1CCNC1. The minimum absolute atomic E-state index is 0. The molecule has 0 saturated carbocycles. The van der Waals surface area contributed by atoms with Gasteiger partial charge >= 0.3 is 0 Å². The highest BCUT2D eigenvalue weighted by molar-refractivity contribution is 6.30. The second-order valence-electron chi connectivity index (χ2n) is 6.57. The summed E-state index contributed by atoms with van der Waals surface area (Å²) < 4.78 is 1.89. The van der Waals surface area contributed by atoms with Crippen LogP contribution < -0.4 is 10.6 Å². The Hall–Kier alpha value is -2.41. The molecular formula is C20H21Cl2N5O. The second-order valence-corrected chi connectivity index (χ2v) is 7.01. The zero-order valence-corrected chi connectivity index (χ0v) is 16.7. The molecule has 1 aliphatic rings. The fraction of sp³-hybridized carbons (Fsp3) is 0.250. The molecule has 0 spiro atoms. The van der Waals surface area contributed by atoms with E-state index in [1.165, 1.54) is 0 Å². The Balaban J connectivity index is 0.00000225. The molecule has 8 heteroatoms. The summed E-state index contributed by atoms with van der Waals surface area (Å²) in [5.74, 6) is -0.0148. The Bertz CT molecular complexity index is 922. The van der Waals surface area contributed by atoms with E-state index in [2.05, 4.69) is 20.6 Å². The van der Waals surface area contributed by atoms with Crippen LogP contribution in [-0.4, -0.2) is 39.6 Å². The molecule has 2 N–H and O–H groups in total. The summed E-state index contributed by atoms with van der Waals surface area (Å²) in [4.78, 5) is 21.2. The first-order chi connectivity index (χ1) is 13.2. The molecule has 0 unspecified atom stereocenters. The van der Waals surface area contributed by atoms with E-state index in [0.29, 0.717) is 5.02 Å². The van der Waals surface area contributed by atoms with Crippen LogP contribution in [0.4, 0.5) is 0 Å². The number of halogens is 2. The number of pyridine rings is 1. The van der Waals surface area contributed by atoms with Crippen molar-refractivity contribution in [1.82, 2.24) is 25.2 Å². The van der Waals surface area contributed by atoms with Crippen molar-refractivity contribution in [3.05, 3.63) is 60.1 Å². The standard InChI is InChI=1S/C20H20ClN5O.ClH/c21-16-3-1-14(2-4-16)19-20(15-5-8-22-9-6-15)26(13-24-19)12-18(27)25-17-7-10-23-11-17;/h1-6,8-9,13,17,23H,7,10-12H2,(H,25,27);1H/t17-;/m0./s1. The van der Waals surface area contributed by atoms with Gasteiger partial charge in [0.15, 0.2) is 0 Å². The van der Waals surface area contributed by atoms with E-state index in [-0.39, 0.29) is 30.9 Å². The molecule has 28 heavy (non-hydrogen) atoms. The third-order valence-corrected chi connectivity index (χ3v) is 4.90. The second kappa shape index (κ2) is 9.19. The van der Waals surface area contributed by atoms with E-state index in [1.54, 1.807) is 18.7 Å². The highest BCUT2D eigenvalue weighted by atomic mass is 35.5. The lowest BCUT2D eigenvalue weighted by atomic mass is 10.1. The lowest BCUT2D eigenvalue weighted by molar-refractivity contribution is -0.122. The smallest absolute Gasteiger partial charge is 0.240 e. The van der Waals surface area contributed by atoms with Crippen LogP contribution in [0, 0.1) is 0 Å². The van der Waals surface area contributed by atoms with Gasteiger partial charge in [0.1, 0.15) is 6.54 Å². The van der Waals surface area contributed by atoms with Crippen LogP contribution in [-0.2, 0) is 11.3 Å². The van der Waals surface area contributed by atoms with E-state index < -0.39 is 0 Å². The van der Waals surface area contributed by atoms with Gasteiger partial charge in [-0.1, -0.05) is 23.7 Å². The van der Waals surface area contributed by atoms with Crippen molar-refractivity contribution < 1.29 is 4.79 Å². The van der Waals surface area contributed by atoms with Crippen LogP contribution in [0.15, 0.2) is 55.1 Å². The van der Waals surface area contributed by atoms with Gasteiger partial charge in [-0.3, -0.25) is 9.78 Å².